The van der Waals surface area contributed by atoms with Gasteiger partial charge < -0.3 is 10.6 Å². The Labute approximate surface area is 125 Å². The lowest BCUT2D eigenvalue weighted by Gasteiger charge is -2.35. The highest BCUT2D eigenvalue weighted by Crippen LogP contribution is 2.14. The van der Waals surface area contributed by atoms with Crippen LogP contribution < -0.4 is 5.73 Å². The summed E-state index contributed by atoms with van der Waals surface area (Å²) in [6.45, 7) is 6.12. The van der Waals surface area contributed by atoms with Crippen LogP contribution >= 0.6 is 11.6 Å². The van der Waals surface area contributed by atoms with E-state index in [9.17, 15) is 4.79 Å². The van der Waals surface area contributed by atoms with Crippen molar-refractivity contribution in [2.24, 2.45) is 5.73 Å². The van der Waals surface area contributed by atoms with Gasteiger partial charge in [0.1, 0.15) is 0 Å². The van der Waals surface area contributed by atoms with Crippen LogP contribution in [0.3, 0.4) is 0 Å². The maximum Gasteiger partial charge on any atom is 0.224 e. The molecule has 5 heteroatoms. The van der Waals surface area contributed by atoms with Crippen LogP contribution in [0.15, 0.2) is 24.3 Å². The Morgan fingerprint density at radius 3 is 2.65 bits per heavy atom. The van der Waals surface area contributed by atoms with Crippen molar-refractivity contribution in [3.8, 4) is 0 Å². The van der Waals surface area contributed by atoms with Crippen molar-refractivity contribution >= 4 is 17.5 Å². The van der Waals surface area contributed by atoms with Gasteiger partial charge in [-0.2, -0.15) is 0 Å². The van der Waals surface area contributed by atoms with E-state index in [1.165, 1.54) is 5.56 Å². The first-order valence-corrected chi connectivity index (χ1v) is 7.42. The highest BCUT2D eigenvalue weighted by molar-refractivity contribution is 6.30. The first-order chi connectivity index (χ1) is 9.54. The van der Waals surface area contributed by atoms with Crippen LogP contribution in [0.1, 0.15) is 18.9 Å². The molecule has 2 rings (SSSR count). The van der Waals surface area contributed by atoms with Crippen molar-refractivity contribution in [1.29, 1.82) is 0 Å². The van der Waals surface area contributed by atoms with E-state index in [1.807, 2.05) is 30.0 Å². The predicted octanol–water partition coefficient (Wildman–Crippen LogP) is 1.72. The zero-order chi connectivity index (χ0) is 14.5. The van der Waals surface area contributed by atoms with E-state index in [0.717, 1.165) is 37.7 Å². The van der Waals surface area contributed by atoms with Crippen LogP contribution in [0.4, 0.5) is 0 Å². The van der Waals surface area contributed by atoms with E-state index in [4.69, 9.17) is 17.3 Å². The molecule has 0 aromatic heterocycles. The number of nitrogens with zero attached hydrogens (tertiary/aromatic N) is 2. The van der Waals surface area contributed by atoms with Crippen LogP contribution in [0.5, 0.6) is 0 Å². The summed E-state index contributed by atoms with van der Waals surface area (Å²) in [5.41, 5.74) is 6.89. The Morgan fingerprint density at radius 1 is 1.35 bits per heavy atom. The number of amides is 1. The lowest BCUT2D eigenvalue weighted by atomic mass is 10.2. The molecule has 1 fully saturated rings. The van der Waals surface area contributed by atoms with Crippen LogP contribution in [0.25, 0.3) is 0 Å². The van der Waals surface area contributed by atoms with E-state index in [1.54, 1.807) is 0 Å². The first-order valence-electron chi connectivity index (χ1n) is 7.05. The van der Waals surface area contributed by atoms with Crippen LogP contribution in [0, 0.1) is 0 Å². The van der Waals surface area contributed by atoms with Gasteiger partial charge in [-0.05, 0) is 24.6 Å². The quantitative estimate of drug-likeness (QED) is 0.920. The van der Waals surface area contributed by atoms with Crippen molar-refractivity contribution in [3.63, 3.8) is 0 Å². The number of halogens is 1. The second-order valence-electron chi connectivity index (χ2n) is 5.47. The molecule has 1 atom stereocenters. The second kappa shape index (κ2) is 7.07. The van der Waals surface area contributed by atoms with Crippen LogP contribution in [-0.4, -0.2) is 47.9 Å². The molecule has 1 aliphatic heterocycles. The molecular formula is C15H22ClN3O. The van der Waals surface area contributed by atoms with Gasteiger partial charge in [0.25, 0.3) is 0 Å². The lowest BCUT2D eigenvalue weighted by molar-refractivity contribution is -0.133. The van der Waals surface area contributed by atoms with Crippen molar-refractivity contribution in [2.45, 2.75) is 25.9 Å². The second-order valence-corrected chi connectivity index (χ2v) is 5.90. The standard InChI is InChI=1S/C15H22ClN3O/c1-12(17)9-15(20)19-7-5-18(6-8-19)11-13-3-2-4-14(16)10-13/h2-4,10,12H,5-9,11,17H2,1H3. The topological polar surface area (TPSA) is 49.6 Å². The molecule has 1 aromatic carbocycles. The molecule has 1 heterocycles. The highest BCUT2D eigenvalue weighted by atomic mass is 35.5. The van der Waals surface area contributed by atoms with E-state index in [-0.39, 0.29) is 11.9 Å². The minimum atomic E-state index is -0.0630. The molecule has 0 saturated carbocycles. The van der Waals surface area contributed by atoms with Gasteiger partial charge in [0.15, 0.2) is 0 Å². The van der Waals surface area contributed by atoms with E-state index >= 15 is 0 Å². The Kier molecular flexibility index (Phi) is 5.40. The third kappa shape index (κ3) is 4.47. The minimum absolute atomic E-state index is 0.0630. The van der Waals surface area contributed by atoms with E-state index < -0.39 is 0 Å². The van der Waals surface area contributed by atoms with Crippen molar-refractivity contribution in [3.05, 3.63) is 34.9 Å². The SMILES string of the molecule is CC(N)CC(=O)N1CCN(Cc2cccc(Cl)c2)CC1. The van der Waals surface area contributed by atoms with Gasteiger partial charge in [0.05, 0.1) is 0 Å². The van der Waals surface area contributed by atoms with Gasteiger partial charge in [-0.25, -0.2) is 0 Å². The minimum Gasteiger partial charge on any atom is -0.340 e. The van der Waals surface area contributed by atoms with Crippen molar-refractivity contribution < 1.29 is 4.79 Å². The number of nitrogens with two attached hydrogens (primary N) is 1. The molecule has 0 aliphatic carbocycles. The Bertz CT molecular complexity index is 456. The van der Waals surface area contributed by atoms with Crippen molar-refractivity contribution in [1.82, 2.24) is 9.80 Å². The summed E-state index contributed by atoms with van der Waals surface area (Å²) >= 11 is 5.99. The Balaban J connectivity index is 1.81. The van der Waals surface area contributed by atoms with Gasteiger partial charge >= 0.3 is 0 Å². The third-order valence-corrected chi connectivity index (χ3v) is 3.75. The normalized spacial score (nSPS) is 18.1. The predicted molar refractivity (Wildman–Crippen MR) is 81.6 cm³/mol. The third-order valence-electron chi connectivity index (χ3n) is 3.52. The molecule has 0 bridgehead atoms. The maximum absolute atomic E-state index is 11.9. The van der Waals surface area contributed by atoms with Gasteiger partial charge in [0, 0.05) is 50.2 Å². The summed E-state index contributed by atoms with van der Waals surface area (Å²) in [5, 5.41) is 0.772. The first kappa shape index (κ1) is 15.3. The fourth-order valence-corrected chi connectivity index (χ4v) is 2.67. The van der Waals surface area contributed by atoms with Gasteiger partial charge in [-0.1, -0.05) is 23.7 Å². The van der Waals surface area contributed by atoms with Crippen molar-refractivity contribution in [2.75, 3.05) is 26.2 Å². The number of hydrogen-bond donors (Lipinski definition) is 1. The fourth-order valence-electron chi connectivity index (χ4n) is 2.45. The zero-order valence-corrected chi connectivity index (χ0v) is 12.6. The molecule has 20 heavy (non-hydrogen) atoms. The Hall–Kier alpha value is -1.10. The number of hydrogen-bond acceptors (Lipinski definition) is 3. The van der Waals surface area contributed by atoms with Gasteiger partial charge in [-0.3, -0.25) is 9.69 Å². The molecule has 1 aliphatic rings. The molecular weight excluding hydrogens is 274 g/mol. The molecule has 0 radical (unpaired) electrons. The number of piperazine rings is 1. The number of benzene rings is 1. The van der Waals surface area contributed by atoms with E-state index in [2.05, 4.69) is 11.0 Å². The summed E-state index contributed by atoms with van der Waals surface area (Å²) in [4.78, 5) is 16.2. The fraction of sp³-hybridized carbons (Fsp3) is 0.533. The van der Waals surface area contributed by atoms with Crippen LogP contribution in [0.2, 0.25) is 5.02 Å². The molecule has 1 saturated heterocycles. The maximum atomic E-state index is 11.9. The number of carbonyl (C=O) groups excluding carboxylic acids is 1. The summed E-state index contributed by atoms with van der Waals surface area (Å²) in [7, 11) is 0. The summed E-state index contributed by atoms with van der Waals surface area (Å²) in [6.07, 6.45) is 0.439. The average molecular weight is 296 g/mol. The number of rotatable bonds is 4. The lowest BCUT2D eigenvalue weighted by Crippen LogP contribution is -2.49. The monoisotopic (exact) mass is 295 g/mol. The van der Waals surface area contributed by atoms with Gasteiger partial charge in [0.2, 0.25) is 5.91 Å². The highest BCUT2D eigenvalue weighted by Gasteiger charge is 2.21. The van der Waals surface area contributed by atoms with Crippen LogP contribution in [-0.2, 0) is 11.3 Å². The smallest absolute Gasteiger partial charge is 0.224 e. The molecule has 110 valence electrons. The molecule has 1 aromatic rings. The Morgan fingerprint density at radius 2 is 2.05 bits per heavy atom. The van der Waals surface area contributed by atoms with E-state index in [0.29, 0.717) is 6.42 Å². The average Bonchev–Trinajstić information content (AvgIpc) is 2.38. The summed E-state index contributed by atoms with van der Waals surface area (Å²) in [6, 6.07) is 7.87. The molecule has 0 spiro atoms. The number of carbonyl (C=O) groups is 1. The summed E-state index contributed by atoms with van der Waals surface area (Å²) in [5.74, 6) is 0.169. The largest absolute Gasteiger partial charge is 0.340 e. The molecule has 1 unspecified atom stereocenters. The zero-order valence-electron chi connectivity index (χ0n) is 11.9. The summed E-state index contributed by atoms with van der Waals surface area (Å²) < 4.78 is 0. The van der Waals surface area contributed by atoms with Gasteiger partial charge in [-0.15, -0.1) is 0 Å². The molecule has 4 nitrogen and oxygen atoms in total. The molecule has 2 N–H and O–H groups in total. The molecule has 1 amide bonds.